The van der Waals surface area contributed by atoms with E-state index in [0.717, 1.165) is 16.8 Å². The molecule has 0 spiro atoms. The molecule has 6 nitrogen and oxygen atoms in total. The lowest BCUT2D eigenvalue weighted by Crippen LogP contribution is -2.16. The highest BCUT2D eigenvalue weighted by atomic mass is 32.1. The minimum atomic E-state index is -4.40. The maximum atomic E-state index is 12.8. The average molecular weight is 379 g/mol. The maximum Gasteiger partial charge on any atom is 0.416 e. The third-order valence-corrected chi connectivity index (χ3v) is 5.11. The number of halogens is 3. The van der Waals surface area contributed by atoms with Crippen molar-refractivity contribution in [3.63, 3.8) is 0 Å². The summed E-state index contributed by atoms with van der Waals surface area (Å²) in [6.07, 6.45) is -4.40. The zero-order valence-corrected chi connectivity index (χ0v) is 14.4. The molecule has 0 aliphatic carbocycles. The number of aromatic nitrogens is 4. The molecule has 134 valence electrons. The molecule has 3 heterocycles. The van der Waals surface area contributed by atoms with Gasteiger partial charge in [-0.1, -0.05) is 0 Å². The van der Waals surface area contributed by atoms with Gasteiger partial charge < -0.3 is 5.32 Å². The quantitative estimate of drug-likeness (QED) is 0.581. The predicted octanol–water partition coefficient (Wildman–Crippen LogP) is 3.35. The third kappa shape index (κ3) is 2.45. The minimum Gasteiger partial charge on any atom is -0.354 e. The molecule has 0 fully saturated rings. The van der Waals surface area contributed by atoms with Gasteiger partial charge in [0.2, 0.25) is 0 Å². The molecule has 0 aliphatic rings. The molecule has 0 saturated carbocycles. The largest absolute Gasteiger partial charge is 0.416 e. The van der Waals surface area contributed by atoms with Gasteiger partial charge in [-0.15, -0.1) is 16.4 Å². The van der Waals surface area contributed by atoms with Gasteiger partial charge in [0.15, 0.2) is 5.65 Å². The molecule has 0 radical (unpaired) electrons. The molecule has 4 aromatic rings. The van der Waals surface area contributed by atoms with Gasteiger partial charge in [-0.2, -0.15) is 23.1 Å². The van der Waals surface area contributed by atoms with Gasteiger partial charge in [0.05, 0.1) is 20.7 Å². The molecule has 0 saturated heterocycles. The Morgan fingerprint density at radius 3 is 2.50 bits per heavy atom. The minimum absolute atomic E-state index is 0.234. The van der Waals surface area contributed by atoms with Crippen molar-refractivity contribution in [3.05, 3.63) is 40.8 Å². The zero-order chi connectivity index (χ0) is 18.6. The summed E-state index contributed by atoms with van der Waals surface area (Å²) in [6, 6.07) is 6.51. The van der Waals surface area contributed by atoms with Crippen LogP contribution in [-0.2, 0) is 13.2 Å². The van der Waals surface area contributed by atoms with Crippen LogP contribution in [0.15, 0.2) is 30.3 Å². The van der Waals surface area contributed by atoms with E-state index in [2.05, 4.69) is 15.5 Å². The van der Waals surface area contributed by atoms with Crippen LogP contribution >= 0.6 is 11.3 Å². The molecule has 4 rings (SSSR count). The van der Waals surface area contributed by atoms with Crippen LogP contribution in [0.25, 0.3) is 27.1 Å². The summed E-state index contributed by atoms with van der Waals surface area (Å²) in [5.41, 5.74) is 1.59. The summed E-state index contributed by atoms with van der Waals surface area (Å²) >= 11 is 1.27. The first-order valence-electron chi connectivity index (χ1n) is 7.54. The summed E-state index contributed by atoms with van der Waals surface area (Å²) in [6.45, 7) is 0. The number of benzene rings is 1. The Labute approximate surface area is 148 Å². The molecule has 0 atom stereocenters. The van der Waals surface area contributed by atoms with Gasteiger partial charge in [0.25, 0.3) is 5.91 Å². The number of nitrogens with one attached hydrogen (secondary N) is 1. The number of nitrogens with zero attached hydrogens (tertiary/aromatic N) is 4. The fourth-order valence-electron chi connectivity index (χ4n) is 2.82. The van der Waals surface area contributed by atoms with Crippen LogP contribution in [0.1, 0.15) is 15.2 Å². The van der Waals surface area contributed by atoms with E-state index in [-0.39, 0.29) is 5.91 Å². The molecule has 1 aromatic carbocycles. The van der Waals surface area contributed by atoms with E-state index >= 15 is 0 Å². The number of amides is 1. The first-order chi connectivity index (χ1) is 12.3. The lowest BCUT2D eigenvalue weighted by atomic mass is 10.2. The number of aryl methyl sites for hydroxylation is 1. The molecule has 26 heavy (non-hydrogen) atoms. The monoisotopic (exact) mass is 379 g/mol. The Kier molecular flexibility index (Phi) is 3.55. The van der Waals surface area contributed by atoms with Crippen LogP contribution in [0.5, 0.6) is 0 Å². The summed E-state index contributed by atoms with van der Waals surface area (Å²) in [5, 5.41) is 11.2. The Bertz CT molecular complexity index is 1140. The molecule has 10 heteroatoms. The van der Waals surface area contributed by atoms with Gasteiger partial charge in [-0.3, -0.25) is 9.36 Å². The van der Waals surface area contributed by atoms with Gasteiger partial charge in [0, 0.05) is 19.8 Å². The number of carbonyl (C=O) groups excluding carboxylic acids is 1. The smallest absolute Gasteiger partial charge is 0.354 e. The molecular formula is C16H12F3N5OS. The molecular weight excluding hydrogens is 367 g/mol. The second kappa shape index (κ2) is 5.56. The van der Waals surface area contributed by atoms with Crippen molar-refractivity contribution >= 4 is 38.6 Å². The van der Waals surface area contributed by atoms with Crippen molar-refractivity contribution in [2.45, 2.75) is 6.18 Å². The molecule has 0 unspecified atom stereocenters. The number of thiophene rings is 1. The van der Waals surface area contributed by atoms with Crippen molar-refractivity contribution in [2.24, 2.45) is 7.05 Å². The highest BCUT2D eigenvalue weighted by molar-refractivity contribution is 7.21. The van der Waals surface area contributed by atoms with Crippen LogP contribution < -0.4 is 5.32 Å². The molecule has 0 bridgehead atoms. The lowest BCUT2D eigenvalue weighted by Gasteiger charge is -2.09. The van der Waals surface area contributed by atoms with Crippen LogP contribution in [0, 0.1) is 0 Å². The van der Waals surface area contributed by atoms with Crippen LogP contribution in [-0.4, -0.2) is 32.5 Å². The van der Waals surface area contributed by atoms with E-state index < -0.39 is 11.7 Å². The van der Waals surface area contributed by atoms with Gasteiger partial charge >= 0.3 is 6.18 Å². The summed E-state index contributed by atoms with van der Waals surface area (Å²) in [7, 11) is 3.20. The molecule has 1 amide bonds. The summed E-state index contributed by atoms with van der Waals surface area (Å²) in [5.74, 6) is -0.234. The zero-order valence-electron chi connectivity index (χ0n) is 13.6. The van der Waals surface area contributed by atoms with Crippen molar-refractivity contribution in [3.8, 4) is 5.69 Å². The SMILES string of the molecule is CNC(=O)c1cc2c(s1)c1nn(C)nc1n2-c1ccc(C(F)(F)F)cc1. The van der Waals surface area contributed by atoms with E-state index in [4.69, 9.17) is 0 Å². The van der Waals surface area contributed by atoms with Crippen molar-refractivity contribution in [2.75, 3.05) is 7.05 Å². The Balaban J connectivity index is 1.97. The third-order valence-electron chi connectivity index (χ3n) is 3.98. The van der Waals surface area contributed by atoms with Gasteiger partial charge in [-0.05, 0) is 30.3 Å². The molecule has 0 aliphatic heterocycles. The first-order valence-corrected chi connectivity index (χ1v) is 8.36. The molecule has 3 aromatic heterocycles. The summed E-state index contributed by atoms with van der Waals surface area (Å²) in [4.78, 5) is 13.8. The van der Waals surface area contributed by atoms with Crippen molar-refractivity contribution in [1.29, 1.82) is 0 Å². The number of alkyl halides is 3. The normalized spacial score (nSPS) is 12.2. The highest BCUT2D eigenvalue weighted by Gasteiger charge is 2.30. The topological polar surface area (TPSA) is 64.7 Å². The van der Waals surface area contributed by atoms with Gasteiger partial charge in [0.1, 0.15) is 5.52 Å². The lowest BCUT2D eigenvalue weighted by molar-refractivity contribution is -0.137. The summed E-state index contributed by atoms with van der Waals surface area (Å²) < 4.78 is 40.9. The molecule has 1 N–H and O–H groups in total. The van der Waals surface area contributed by atoms with Crippen LogP contribution in [0.2, 0.25) is 0 Å². The van der Waals surface area contributed by atoms with E-state index in [1.807, 2.05) is 0 Å². The number of fused-ring (bicyclic) bond motifs is 3. The first kappa shape index (κ1) is 16.6. The highest BCUT2D eigenvalue weighted by Crippen LogP contribution is 2.37. The Hall–Kier alpha value is -2.88. The van der Waals surface area contributed by atoms with Gasteiger partial charge in [-0.25, -0.2) is 0 Å². The standard InChI is InChI=1S/C16H12F3N5OS/c1-20-15(25)11-7-10-13(26-11)12-14(22-23(2)21-12)24(10)9-5-3-8(4-6-9)16(17,18)19/h3-7H,1-2H3,(H,20,25). The number of rotatable bonds is 2. The fourth-order valence-corrected chi connectivity index (χ4v) is 3.89. The fraction of sp³-hybridized carbons (Fsp3) is 0.188. The van der Waals surface area contributed by atoms with Crippen LogP contribution in [0.4, 0.5) is 13.2 Å². The number of carbonyl (C=O) groups is 1. The van der Waals surface area contributed by atoms with E-state index in [1.54, 1.807) is 17.7 Å². The second-order valence-electron chi connectivity index (χ2n) is 5.65. The predicted molar refractivity (Wildman–Crippen MR) is 91.6 cm³/mol. The van der Waals surface area contributed by atoms with E-state index in [0.29, 0.717) is 27.2 Å². The van der Waals surface area contributed by atoms with Crippen molar-refractivity contribution < 1.29 is 18.0 Å². The van der Waals surface area contributed by atoms with Crippen LogP contribution in [0.3, 0.4) is 0 Å². The van der Waals surface area contributed by atoms with E-state index in [9.17, 15) is 18.0 Å². The number of hydrogen-bond acceptors (Lipinski definition) is 4. The Morgan fingerprint density at radius 1 is 1.19 bits per heavy atom. The number of hydrogen-bond donors (Lipinski definition) is 1. The average Bonchev–Trinajstić information content (AvgIpc) is 3.23. The Morgan fingerprint density at radius 2 is 1.88 bits per heavy atom. The maximum absolute atomic E-state index is 12.8. The second-order valence-corrected chi connectivity index (χ2v) is 6.70. The van der Waals surface area contributed by atoms with E-state index in [1.165, 1.54) is 35.3 Å². The van der Waals surface area contributed by atoms with Crippen molar-refractivity contribution in [1.82, 2.24) is 24.9 Å².